The summed E-state index contributed by atoms with van der Waals surface area (Å²) in [7, 11) is 0. The number of hydrogen-bond acceptors (Lipinski definition) is 4. The predicted molar refractivity (Wildman–Crippen MR) is 104 cm³/mol. The highest BCUT2D eigenvalue weighted by molar-refractivity contribution is 5.66. The Kier molecular flexibility index (Phi) is 4.12. The van der Waals surface area contributed by atoms with Gasteiger partial charge in [-0.05, 0) is 62.2 Å². The Labute approximate surface area is 157 Å². The van der Waals surface area contributed by atoms with Crippen LogP contribution in [-0.4, -0.2) is 26.4 Å². The Hall–Kier alpha value is -2.92. The summed E-state index contributed by atoms with van der Waals surface area (Å²) in [6, 6.07) is 14.3. The highest BCUT2D eigenvalue weighted by Gasteiger charge is 2.44. The number of fused-ring (bicyclic) bond motifs is 1. The van der Waals surface area contributed by atoms with Gasteiger partial charge in [0.2, 0.25) is 0 Å². The second-order valence-electron chi connectivity index (χ2n) is 7.48. The zero-order valence-corrected chi connectivity index (χ0v) is 15.6. The Bertz CT molecular complexity index is 1060. The highest BCUT2D eigenvalue weighted by Crippen LogP contribution is 2.43. The number of aryl methyl sites for hydroxylation is 1. The van der Waals surface area contributed by atoms with Crippen LogP contribution in [0.1, 0.15) is 31.1 Å². The third-order valence-corrected chi connectivity index (χ3v) is 5.09. The van der Waals surface area contributed by atoms with Crippen molar-refractivity contribution in [2.75, 3.05) is 0 Å². The normalized spacial score (nSPS) is 20.6. The molecule has 0 saturated carbocycles. The van der Waals surface area contributed by atoms with E-state index in [9.17, 15) is 9.90 Å². The zero-order valence-electron chi connectivity index (χ0n) is 15.6. The molecule has 5 nitrogen and oxygen atoms in total. The molecule has 2 unspecified atom stereocenters. The summed E-state index contributed by atoms with van der Waals surface area (Å²) >= 11 is 0. The molecule has 0 spiro atoms. The van der Waals surface area contributed by atoms with E-state index in [1.54, 1.807) is 29.1 Å². The minimum atomic E-state index is -0.875. The Morgan fingerprint density at radius 2 is 1.89 bits per heavy atom. The van der Waals surface area contributed by atoms with E-state index < -0.39 is 17.7 Å². The van der Waals surface area contributed by atoms with Crippen molar-refractivity contribution in [1.82, 2.24) is 9.55 Å². The summed E-state index contributed by atoms with van der Waals surface area (Å²) in [4.78, 5) is 16.7. The molecule has 3 aromatic rings. The molecule has 1 aromatic carbocycles. The molecule has 5 heteroatoms. The van der Waals surface area contributed by atoms with Gasteiger partial charge in [0.05, 0.1) is 6.04 Å². The monoisotopic (exact) mass is 362 g/mol. The molecule has 0 aliphatic carbocycles. The van der Waals surface area contributed by atoms with Crippen LogP contribution < -0.4 is 10.3 Å². The molecule has 0 saturated heterocycles. The lowest BCUT2D eigenvalue weighted by molar-refractivity contribution is -0.0642. The third kappa shape index (κ3) is 3.04. The van der Waals surface area contributed by atoms with Crippen LogP contribution in [0.3, 0.4) is 0 Å². The average Bonchev–Trinajstić information content (AvgIpc) is 2.63. The van der Waals surface area contributed by atoms with Gasteiger partial charge < -0.3 is 14.4 Å². The van der Waals surface area contributed by atoms with E-state index in [4.69, 9.17) is 4.74 Å². The first-order chi connectivity index (χ1) is 12.9. The summed E-state index contributed by atoms with van der Waals surface area (Å²) in [5.41, 5.74) is 2.77. The van der Waals surface area contributed by atoms with Gasteiger partial charge in [-0.15, -0.1) is 0 Å². The maximum Gasteiger partial charge on any atom is 0.251 e. The largest absolute Gasteiger partial charge is 0.485 e. The van der Waals surface area contributed by atoms with E-state index in [1.165, 1.54) is 6.07 Å². The van der Waals surface area contributed by atoms with Crippen LogP contribution in [0, 0.1) is 6.92 Å². The van der Waals surface area contributed by atoms with Crippen molar-refractivity contribution in [3.63, 3.8) is 0 Å². The first-order valence-electron chi connectivity index (χ1n) is 8.98. The number of aliphatic hydroxyl groups excluding tert-OH is 1. The van der Waals surface area contributed by atoms with E-state index in [2.05, 4.69) is 4.98 Å². The molecule has 0 radical (unpaired) electrons. The number of hydrogen-bond donors (Lipinski definition) is 1. The van der Waals surface area contributed by atoms with Gasteiger partial charge in [0, 0.05) is 29.7 Å². The van der Waals surface area contributed by atoms with Crippen LogP contribution in [0.15, 0.2) is 65.7 Å². The number of aromatic nitrogens is 2. The van der Waals surface area contributed by atoms with Crippen molar-refractivity contribution in [2.45, 2.75) is 38.5 Å². The standard InChI is InChI=1S/C22H22N2O3/c1-14-12-16(9-10-23-14)15-7-8-18-17(13-15)20(21(26)22(2,3)27-18)24-11-5-4-6-19(24)25/h4-13,20-21,26H,1-3H3. The fraction of sp³-hybridized carbons (Fsp3) is 0.273. The maximum absolute atomic E-state index is 12.5. The molecule has 0 bridgehead atoms. The van der Waals surface area contributed by atoms with Gasteiger partial charge in [0.25, 0.3) is 5.56 Å². The van der Waals surface area contributed by atoms with E-state index in [-0.39, 0.29) is 5.56 Å². The van der Waals surface area contributed by atoms with Gasteiger partial charge in [-0.3, -0.25) is 9.78 Å². The molecule has 27 heavy (non-hydrogen) atoms. The molecule has 2 atom stereocenters. The summed E-state index contributed by atoms with van der Waals surface area (Å²) < 4.78 is 7.64. The first kappa shape index (κ1) is 17.5. The Morgan fingerprint density at radius 3 is 2.63 bits per heavy atom. The molecule has 1 aliphatic rings. The van der Waals surface area contributed by atoms with Crippen LogP contribution in [-0.2, 0) is 0 Å². The topological polar surface area (TPSA) is 64.4 Å². The van der Waals surface area contributed by atoms with E-state index >= 15 is 0 Å². The summed E-state index contributed by atoms with van der Waals surface area (Å²) in [5.74, 6) is 0.681. The van der Waals surface area contributed by atoms with Crippen molar-refractivity contribution in [3.8, 4) is 16.9 Å². The minimum absolute atomic E-state index is 0.157. The molecular weight excluding hydrogens is 340 g/mol. The molecule has 2 aromatic heterocycles. The minimum Gasteiger partial charge on any atom is -0.485 e. The van der Waals surface area contributed by atoms with Gasteiger partial charge in [-0.25, -0.2) is 0 Å². The molecule has 4 rings (SSSR count). The van der Waals surface area contributed by atoms with Crippen molar-refractivity contribution in [2.24, 2.45) is 0 Å². The first-order valence-corrected chi connectivity index (χ1v) is 8.98. The fourth-order valence-corrected chi connectivity index (χ4v) is 3.64. The second-order valence-corrected chi connectivity index (χ2v) is 7.48. The molecule has 138 valence electrons. The van der Waals surface area contributed by atoms with Gasteiger partial charge in [0.1, 0.15) is 17.5 Å². The quantitative estimate of drug-likeness (QED) is 0.759. The van der Waals surface area contributed by atoms with Crippen molar-refractivity contribution >= 4 is 0 Å². The smallest absolute Gasteiger partial charge is 0.251 e. The number of pyridine rings is 2. The zero-order chi connectivity index (χ0) is 19.2. The van der Waals surface area contributed by atoms with Gasteiger partial charge >= 0.3 is 0 Å². The molecule has 0 fully saturated rings. The van der Waals surface area contributed by atoms with Gasteiger partial charge in [-0.2, -0.15) is 0 Å². The Morgan fingerprint density at radius 1 is 1.11 bits per heavy atom. The van der Waals surface area contributed by atoms with Crippen LogP contribution >= 0.6 is 0 Å². The summed E-state index contributed by atoms with van der Waals surface area (Å²) in [6.07, 6.45) is 2.61. The summed E-state index contributed by atoms with van der Waals surface area (Å²) in [6.45, 7) is 5.62. The van der Waals surface area contributed by atoms with E-state index in [0.29, 0.717) is 5.75 Å². The van der Waals surface area contributed by atoms with Crippen molar-refractivity contribution < 1.29 is 9.84 Å². The molecule has 1 N–H and O–H groups in total. The van der Waals surface area contributed by atoms with Crippen LogP contribution in [0.5, 0.6) is 5.75 Å². The Balaban J connectivity index is 1.92. The molecule has 3 heterocycles. The number of rotatable bonds is 2. The highest BCUT2D eigenvalue weighted by atomic mass is 16.5. The summed E-state index contributed by atoms with van der Waals surface area (Å²) in [5, 5.41) is 11.0. The fourth-order valence-electron chi connectivity index (χ4n) is 3.64. The SMILES string of the molecule is Cc1cc(-c2ccc3c(c2)C(n2ccccc2=O)C(O)C(C)(C)O3)ccn1. The molecule has 1 aliphatic heterocycles. The van der Waals surface area contributed by atoms with E-state index in [1.807, 2.05) is 51.1 Å². The third-order valence-electron chi connectivity index (χ3n) is 5.09. The lowest BCUT2D eigenvalue weighted by atomic mass is 9.85. The van der Waals surface area contributed by atoms with Gasteiger partial charge in [0.15, 0.2) is 0 Å². The van der Waals surface area contributed by atoms with E-state index in [0.717, 1.165) is 22.4 Å². The number of aliphatic hydroxyl groups is 1. The van der Waals surface area contributed by atoms with Crippen molar-refractivity contribution in [1.29, 1.82) is 0 Å². The predicted octanol–water partition coefficient (Wildman–Crippen LogP) is 3.34. The maximum atomic E-state index is 12.5. The van der Waals surface area contributed by atoms with Crippen LogP contribution in [0.2, 0.25) is 0 Å². The van der Waals surface area contributed by atoms with Crippen LogP contribution in [0.25, 0.3) is 11.1 Å². The number of benzene rings is 1. The second kappa shape index (κ2) is 6.35. The molecular formula is C22H22N2O3. The molecule has 0 amide bonds. The van der Waals surface area contributed by atoms with Crippen LogP contribution in [0.4, 0.5) is 0 Å². The number of ether oxygens (including phenoxy) is 1. The lowest BCUT2D eigenvalue weighted by Crippen LogP contribution is -2.52. The average molecular weight is 362 g/mol. The van der Waals surface area contributed by atoms with Crippen molar-refractivity contribution in [3.05, 3.63) is 82.5 Å². The van der Waals surface area contributed by atoms with Gasteiger partial charge in [-0.1, -0.05) is 12.1 Å². The lowest BCUT2D eigenvalue weighted by Gasteiger charge is -2.42. The number of nitrogens with zero attached hydrogens (tertiary/aromatic N) is 2.